The van der Waals surface area contributed by atoms with E-state index in [0.717, 1.165) is 31.2 Å². The van der Waals surface area contributed by atoms with Crippen LogP contribution >= 0.6 is 12.2 Å². The number of hydrogen-bond acceptors (Lipinski definition) is 4. The molecule has 1 saturated carbocycles. The Hall–Kier alpha value is -2.15. The first-order valence-electron chi connectivity index (χ1n) is 7.85. The Morgan fingerprint density at radius 1 is 1.30 bits per heavy atom. The van der Waals surface area contributed by atoms with E-state index in [9.17, 15) is 9.59 Å². The average molecular weight is 331 g/mol. The fraction of sp³-hybridized carbons (Fsp3) is 0.438. The molecule has 7 heteroatoms. The van der Waals surface area contributed by atoms with Crippen molar-refractivity contribution in [3.63, 3.8) is 0 Å². The third-order valence-corrected chi connectivity index (χ3v) is 4.90. The molecule has 2 fully saturated rings. The van der Waals surface area contributed by atoms with Gasteiger partial charge in [0, 0.05) is 11.6 Å². The largest absolute Gasteiger partial charge is 0.429 e. The fourth-order valence-corrected chi connectivity index (χ4v) is 3.84. The van der Waals surface area contributed by atoms with Gasteiger partial charge >= 0.3 is 0 Å². The predicted octanol–water partition coefficient (Wildman–Crippen LogP) is 2.37. The summed E-state index contributed by atoms with van der Waals surface area (Å²) in [5.74, 6) is -0.206. The molecule has 2 atom stereocenters. The summed E-state index contributed by atoms with van der Waals surface area (Å²) < 4.78 is 5.38. The topological polar surface area (TPSA) is 78.3 Å². The number of hydrogen-bond donors (Lipinski definition) is 2. The summed E-state index contributed by atoms with van der Waals surface area (Å²) in [6, 6.07) is 5.38. The van der Waals surface area contributed by atoms with Gasteiger partial charge in [-0.25, -0.2) is 0 Å². The minimum Gasteiger partial charge on any atom is -0.429 e. The smallest absolute Gasteiger partial charge is 0.266 e. The summed E-state index contributed by atoms with van der Waals surface area (Å²) in [5, 5.41) is 3.02. The molecule has 1 saturated heterocycles. The summed E-state index contributed by atoms with van der Waals surface area (Å²) >= 11 is 4.97. The van der Waals surface area contributed by atoms with Crippen LogP contribution in [-0.2, 0) is 4.79 Å². The molecule has 1 aromatic heterocycles. The van der Waals surface area contributed by atoms with E-state index in [4.69, 9.17) is 16.6 Å². The summed E-state index contributed by atoms with van der Waals surface area (Å²) in [5.41, 5.74) is 1.84. The highest BCUT2D eigenvalue weighted by molar-refractivity contribution is 7.71. The van der Waals surface area contributed by atoms with Crippen LogP contribution in [0.25, 0.3) is 11.1 Å². The molecule has 2 heterocycles. The number of piperazine rings is 1. The summed E-state index contributed by atoms with van der Waals surface area (Å²) in [4.78, 5) is 29.8. The van der Waals surface area contributed by atoms with Gasteiger partial charge in [-0.3, -0.25) is 9.59 Å². The second-order valence-electron chi connectivity index (χ2n) is 6.18. The molecule has 2 N–H and O–H groups in total. The maximum atomic E-state index is 12.9. The minimum atomic E-state index is -0.124. The standard InChI is InChI=1S/C16H17N3O3S/c20-14-8-19(12-4-2-1-3-10(12)17-14)15(21)9-5-6-11-13(7-9)22-16(23)18-11/h5-7,10,12H,1-4,8H2,(H,17,20)(H,18,23)/t10-,12-/m1/s1. The van der Waals surface area contributed by atoms with E-state index < -0.39 is 0 Å². The number of nitrogens with zero attached hydrogens (tertiary/aromatic N) is 1. The molecule has 23 heavy (non-hydrogen) atoms. The molecule has 120 valence electrons. The van der Waals surface area contributed by atoms with Crippen LogP contribution in [-0.4, -0.2) is 40.3 Å². The summed E-state index contributed by atoms with van der Waals surface area (Å²) in [6.45, 7) is 0.120. The van der Waals surface area contributed by atoms with Crippen molar-refractivity contribution in [2.45, 2.75) is 37.8 Å². The van der Waals surface area contributed by atoms with E-state index in [2.05, 4.69) is 10.3 Å². The molecule has 1 aromatic carbocycles. The highest BCUT2D eigenvalue weighted by atomic mass is 32.1. The lowest BCUT2D eigenvalue weighted by Crippen LogP contribution is -2.62. The molecule has 0 spiro atoms. The summed E-state index contributed by atoms with van der Waals surface area (Å²) in [7, 11) is 0. The van der Waals surface area contributed by atoms with Crippen LogP contribution in [0.1, 0.15) is 36.0 Å². The lowest BCUT2D eigenvalue weighted by molar-refractivity contribution is -0.127. The number of oxazole rings is 1. The van der Waals surface area contributed by atoms with E-state index >= 15 is 0 Å². The van der Waals surface area contributed by atoms with Gasteiger partial charge < -0.3 is 19.6 Å². The zero-order valence-electron chi connectivity index (χ0n) is 12.5. The van der Waals surface area contributed by atoms with Gasteiger partial charge in [0.05, 0.1) is 11.6 Å². The first-order chi connectivity index (χ1) is 11.1. The SMILES string of the molecule is O=C1CN(C(=O)c2ccc3[nH]c(=S)oc3c2)[C@@H]2CCCC[C@H]2N1. The molecule has 1 aliphatic carbocycles. The Labute approximate surface area is 137 Å². The second kappa shape index (κ2) is 5.49. The van der Waals surface area contributed by atoms with Gasteiger partial charge in [-0.15, -0.1) is 0 Å². The highest BCUT2D eigenvalue weighted by Gasteiger charge is 2.39. The number of amides is 2. The van der Waals surface area contributed by atoms with E-state index in [0.29, 0.717) is 11.1 Å². The number of benzene rings is 1. The van der Waals surface area contributed by atoms with Gasteiger partial charge in [-0.05, 0) is 43.3 Å². The van der Waals surface area contributed by atoms with Crippen LogP contribution in [0.3, 0.4) is 0 Å². The highest BCUT2D eigenvalue weighted by Crippen LogP contribution is 2.27. The molecule has 4 rings (SSSR count). The van der Waals surface area contributed by atoms with E-state index in [1.165, 1.54) is 0 Å². The van der Waals surface area contributed by atoms with Crippen molar-refractivity contribution in [2.75, 3.05) is 6.54 Å². The maximum Gasteiger partial charge on any atom is 0.266 e. The fourth-order valence-electron chi connectivity index (χ4n) is 3.64. The van der Waals surface area contributed by atoms with Crippen LogP contribution in [0.4, 0.5) is 0 Å². The van der Waals surface area contributed by atoms with Crippen LogP contribution in [0.2, 0.25) is 0 Å². The number of H-pyrrole nitrogens is 1. The zero-order valence-corrected chi connectivity index (χ0v) is 13.3. The molecule has 0 bridgehead atoms. The van der Waals surface area contributed by atoms with Crippen molar-refractivity contribution in [2.24, 2.45) is 0 Å². The van der Waals surface area contributed by atoms with E-state index in [-0.39, 0.29) is 35.3 Å². The Morgan fingerprint density at radius 3 is 3.00 bits per heavy atom. The second-order valence-corrected chi connectivity index (χ2v) is 6.56. The molecule has 2 aliphatic rings. The van der Waals surface area contributed by atoms with Crippen LogP contribution < -0.4 is 5.32 Å². The average Bonchev–Trinajstić information content (AvgIpc) is 2.92. The van der Waals surface area contributed by atoms with Crippen molar-refractivity contribution in [3.8, 4) is 0 Å². The first-order valence-corrected chi connectivity index (χ1v) is 8.26. The van der Waals surface area contributed by atoms with E-state index in [1.807, 2.05) is 0 Å². The van der Waals surface area contributed by atoms with Crippen molar-refractivity contribution >= 4 is 35.1 Å². The van der Waals surface area contributed by atoms with Gasteiger partial charge in [0.1, 0.15) is 6.54 Å². The van der Waals surface area contributed by atoms with Gasteiger partial charge in [0.2, 0.25) is 5.91 Å². The van der Waals surface area contributed by atoms with Gasteiger partial charge in [0.25, 0.3) is 10.7 Å². The lowest BCUT2D eigenvalue weighted by atomic mass is 9.87. The number of carbonyl (C=O) groups excluding carboxylic acids is 2. The Kier molecular flexibility index (Phi) is 3.45. The molecule has 2 amide bonds. The number of nitrogens with one attached hydrogen (secondary N) is 2. The number of aromatic amines is 1. The number of carbonyl (C=O) groups is 2. The van der Waals surface area contributed by atoms with E-state index in [1.54, 1.807) is 23.1 Å². The van der Waals surface area contributed by atoms with Crippen LogP contribution in [0.5, 0.6) is 0 Å². The lowest BCUT2D eigenvalue weighted by Gasteiger charge is -2.43. The maximum absolute atomic E-state index is 12.9. The van der Waals surface area contributed by atoms with Crippen molar-refractivity contribution in [3.05, 3.63) is 28.6 Å². The molecule has 1 aliphatic heterocycles. The molecule has 0 radical (unpaired) electrons. The number of fused-ring (bicyclic) bond motifs is 2. The zero-order chi connectivity index (χ0) is 16.0. The Bertz CT molecular complexity index is 840. The quantitative estimate of drug-likeness (QED) is 0.787. The molecule has 6 nitrogen and oxygen atoms in total. The van der Waals surface area contributed by atoms with Crippen LogP contribution in [0.15, 0.2) is 22.6 Å². The number of rotatable bonds is 1. The Balaban J connectivity index is 1.67. The van der Waals surface area contributed by atoms with Crippen molar-refractivity contribution in [1.82, 2.24) is 15.2 Å². The molecule has 0 unspecified atom stereocenters. The summed E-state index contributed by atoms with van der Waals surface area (Å²) in [6.07, 6.45) is 4.06. The van der Waals surface area contributed by atoms with Crippen molar-refractivity contribution < 1.29 is 14.0 Å². The molecule has 2 aromatic rings. The third kappa shape index (κ3) is 2.55. The van der Waals surface area contributed by atoms with Crippen LogP contribution in [0, 0.1) is 4.84 Å². The van der Waals surface area contributed by atoms with Gasteiger partial charge in [-0.2, -0.15) is 0 Å². The van der Waals surface area contributed by atoms with Crippen molar-refractivity contribution in [1.29, 1.82) is 0 Å². The first kappa shape index (κ1) is 14.4. The third-order valence-electron chi connectivity index (χ3n) is 4.72. The molecular weight excluding hydrogens is 314 g/mol. The van der Waals surface area contributed by atoms with Gasteiger partial charge in [-0.1, -0.05) is 12.8 Å². The normalized spacial score (nSPS) is 24.3. The van der Waals surface area contributed by atoms with Gasteiger partial charge in [0.15, 0.2) is 5.58 Å². The minimum absolute atomic E-state index is 0.0777. The Morgan fingerprint density at radius 2 is 2.13 bits per heavy atom. The predicted molar refractivity (Wildman–Crippen MR) is 86.6 cm³/mol. The monoisotopic (exact) mass is 331 g/mol. The number of aromatic nitrogens is 1. The molecular formula is C16H17N3O3S.